The van der Waals surface area contributed by atoms with Gasteiger partial charge in [-0.15, -0.1) is 0 Å². The molecule has 0 atom stereocenters. The maximum atomic E-state index is 13.5. The van der Waals surface area contributed by atoms with Gasteiger partial charge >= 0.3 is 0 Å². The fourth-order valence-corrected chi connectivity index (χ4v) is 3.89. The summed E-state index contributed by atoms with van der Waals surface area (Å²) in [6.07, 6.45) is 0.120. The Labute approximate surface area is 210 Å². The second-order valence-corrected chi connectivity index (χ2v) is 8.47. The van der Waals surface area contributed by atoms with Gasteiger partial charge in [-0.25, -0.2) is 4.39 Å². The van der Waals surface area contributed by atoms with E-state index >= 15 is 0 Å². The van der Waals surface area contributed by atoms with Gasteiger partial charge in [0.2, 0.25) is 5.91 Å². The molecule has 0 radical (unpaired) electrons. The molecule has 0 aliphatic carbocycles. The number of methoxy groups -OCH3 is 1. The number of hydrogen-bond donors (Lipinski definition) is 1. The summed E-state index contributed by atoms with van der Waals surface area (Å²) in [5, 5.41) is 2.70. The lowest BCUT2D eigenvalue weighted by atomic mass is 10.1. The Morgan fingerprint density at radius 3 is 2.31 bits per heavy atom. The number of carbonyl (C=O) groups is 2. The van der Waals surface area contributed by atoms with Crippen LogP contribution < -0.4 is 15.0 Å². The van der Waals surface area contributed by atoms with Crippen molar-refractivity contribution in [3.8, 4) is 5.75 Å². The molecule has 0 bridgehead atoms. The van der Waals surface area contributed by atoms with Crippen LogP contribution in [0.15, 0.2) is 97.1 Å². The van der Waals surface area contributed by atoms with Gasteiger partial charge < -0.3 is 15.0 Å². The molecule has 5 nitrogen and oxygen atoms in total. The molecule has 4 aromatic carbocycles. The van der Waals surface area contributed by atoms with Crippen molar-refractivity contribution in [1.82, 2.24) is 0 Å². The van der Waals surface area contributed by atoms with Gasteiger partial charge in [0.15, 0.2) is 0 Å². The molecule has 0 aromatic heterocycles. The first kappa shape index (κ1) is 24.7. The second-order valence-electron chi connectivity index (χ2n) is 8.47. The SMILES string of the molecule is COc1ccccc1CN(C(=O)c1ccc(C)cc1)c1ccc(CC(=O)Nc2cccc(F)c2)cc1. The fourth-order valence-electron chi connectivity index (χ4n) is 3.89. The number of halogens is 1. The van der Waals surface area contributed by atoms with Crippen molar-refractivity contribution in [2.24, 2.45) is 0 Å². The molecule has 0 unspecified atom stereocenters. The Kier molecular flexibility index (Phi) is 7.75. The average Bonchev–Trinajstić information content (AvgIpc) is 2.88. The van der Waals surface area contributed by atoms with Crippen LogP contribution in [0.4, 0.5) is 15.8 Å². The molecule has 0 saturated heterocycles. The molecule has 0 spiro atoms. The van der Waals surface area contributed by atoms with Crippen molar-refractivity contribution < 1.29 is 18.7 Å². The molecule has 4 rings (SSSR count). The molecule has 182 valence electrons. The van der Waals surface area contributed by atoms with Crippen LogP contribution in [0.2, 0.25) is 0 Å². The van der Waals surface area contributed by atoms with Crippen LogP contribution in [0.25, 0.3) is 0 Å². The van der Waals surface area contributed by atoms with Crippen molar-refractivity contribution in [3.05, 3.63) is 125 Å². The molecule has 6 heteroatoms. The molecule has 0 fully saturated rings. The monoisotopic (exact) mass is 482 g/mol. The van der Waals surface area contributed by atoms with Gasteiger partial charge in [-0.3, -0.25) is 9.59 Å². The first-order valence-corrected chi connectivity index (χ1v) is 11.6. The van der Waals surface area contributed by atoms with Crippen molar-refractivity contribution in [3.63, 3.8) is 0 Å². The van der Waals surface area contributed by atoms with Gasteiger partial charge in [-0.2, -0.15) is 0 Å². The minimum Gasteiger partial charge on any atom is -0.496 e. The molecule has 0 aliphatic heterocycles. The third-order valence-corrected chi connectivity index (χ3v) is 5.79. The van der Waals surface area contributed by atoms with Crippen LogP contribution in [0.5, 0.6) is 5.75 Å². The van der Waals surface area contributed by atoms with E-state index in [9.17, 15) is 14.0 Å². The number of carbonyl (C=O) groups excluding carboxylic acids is 2. The predicted octanol–water partition coefficient (Wildman–Crippen LogP) is 6.17. The largest absolute Gasteiger partial charge is 0.496 e. The lowest BCUT2D eigenvalue weighted by Crippen LogP contribution is -2.30. The lowest BCUT2D eigenvalue weighted by molar-refractivity contribution is -0.115. The Balaban J connectivity index is 1.56. The third kappa shape index (κ3) is 6.16. The second kappa shape index (κ2) is 11.3. The van der Waals surface area contributed by atoms with Crippen molar-refractivity contribution in [2.45, 2.75) is 19.9 Å². The zero-order chi connectivity index (χ0) is 25.5. The summed E-state index contributed by atoms with van der Waals surface area (Å²) in [7, 11) is 1.61. The highest BCUT2D eigenvalue weighted by Crippen LogP contribution is 2.26. The topological polar surface area (TPSA) is 58.6 Å². The number of ether oxygens (including phenoxy) is 1. The van der Waals surface area contributed by atoms with Gasteiger partial charge in [-0.1, -0.05) is 54.1 Å². The highest BCUT2D eigenvalue weighted by molar-refractivity contribution is 6.06. The van der Waals surface area contributed by atoms with Crippen molar-refractivity contribution >= 4 is 23.2 Å². The molecular weight excluding hydrogens is 455 g/mol. The minimum absolute atomic E-state index is 0.120. The Morgan fingerprint density at radius 2 is 1.61 bits per heavy atom. The third-order valence-electron chi connectivity index (χ3n) is 5.79. The van der Waals surface area contributed by atoms with Gasteiger partial charge in [0.1, 0.15) is 11.6 Å². The average molecular weight is 483 g/mol. The van der Waals surface area contributed by atoms with Crippen molar-refractivity contribution in [2.75, 3.05) is 17.3 Å². The van der Waals surface area contributed by atoms with Crippen LogP contribution in [-0.4, -0.2) is 18.9 Å². The summed E-state index contributed by atoms with van der Waals surface area (Å²) in [6.45, 7) is 2.29. The van der Waals surface area contributed by atoms with E-state index in [1.165, 1.54) is 12.1 Å². The van der Waals surface area contributed by atoms with Crippen molar-refractivity contribution in [1.29, 1.82) is 0 Å². The van der Waals surface area contributed by atoms with E-state index in [1.54, 1.807) is 24.1 Å². The number of nitrogens with zero attached hydrogens (tertiary/aromatic N) is 1. The molecule has 36 heavy (non-hydrogen) atoms. The smallest absolute Gasteiger partial charge is 0.258 e. The zero-order valence-corrected chi connectivity index (χ0v) is 20.2. The number of amides is 2. The number of aryl methyl sites for hydroxylation is 1. The zero-order valence-electron chi connectivity index (χ0n) is 20.2. The predicted molar refractivity (Wildman–Crippen MR) is 140 cm³/mol. The summed E-state index contributed by atoms with van der Waals surface area (Å²) < 4.78 is 18.9. The summed E-state index contributed by atoms with van der Waals surface area (Å²) in [5.41, 5.74) is 4.40. The van der Waals surface area contributed by atoms with E-state index in [0.717, 1.165) is 16.7 Å². The first-order valence-electron chi connectivity index (χ1n) is 11.6. The molecule has 0 heterocycles. The number of para-hydroxylation sites is 1. The van der Waals surface area contributed by atoms with Crippen LogP contribution in [-0.2, 0) is 17.8 Å². The standard InChI is InChI=1S/C30H27FN2O3/c1-21-10-14-23(15-11-21)30(35)33(20-24-6-3-4-9-28(24)36-2)27-16-12-22(13-17-27)18-29(34)32-26-8-5-7-25(31)19-26/h3-17,19H,18,20H2,1-2H3,(H,32,34). The summed E-state index contributed by atoms with van der Waals surface area (Å²) in [5.74, 6) is -0.108. The molecule has 0 aliphatic rings. The number of benzene rings is 4. The highest BCUT2D eigenvalue weighted by Gasteiger charge is 2.20. The maximum absolute atomic E-state index is 13.5. The van der Waals surface area contributed by atoms with Crippen LogP contribution in [0.3, 0.4) is 0 Å². The maximum Gasteiger partial charge on any atom is 0.258 e. The summed E-state index contributed by atoms with van der Waals surface area (Å²) >= 11 is 0. The molecule has 1 N–H and O–H groups in total. The Bertz CT molecular complexity index is 1350. The van der Waals surface area contributed by atoms with E-state index in [0.29, 0.717) is 29.2 Å². The van der Waals surface area contributed by atoms with E-state index in [4.69, 9.17) is 4.74 Å². The fraction of sp³-hybridized carbons (Fsp3) is 0.133. The number of rotatable bonds is 8. The van der Waals surface area contributed by atoms with Gasteiger partial charge in [0.25, 0.3) is 5.91 Å². The summed E-state index contributed by atoms with van der Waals surface area (Å²) in [4.78, 5) is 27.7. The van der Waals surface area contributed by atoms with E-state index in [2.05, 4.69) is 5.32 Å². The van der Waals surface area contributed by atoms with Crippen LogP contribution in [0, 0.1) is 12.7 Å². The first-order chi connectivity index (χ1) is 17.4. The Hall–Kier alpha value is -4.45. The van der Waals surface area contributed by atoms with Crippen LogP contribution in [0.1, 0.15) is 27.0 Å². The van der Waals surface area contributed by atoms with E-state index < -0.39 is 5.82 Å². The number of anilines is 2. The highest BCUT2D eigenvalue weighted by atomic mass is 19.1. The quantitative estimate of drug-likeness (QED) is 0.327. The van der Waals surface area contributed by atoms with E-state index in [-0.39, 0.29) is 18.2 Å². The molecule has 4 aromatic rings. The van der Waals surface area contributed by atoms with Crippen LogP contribution >= 0.6 is 0 Å². The normalized spacial score (nSPS) is 10.5. The van der Waals surface area contributed by atoms with E-state index in [1.807, 2.05) is 79.7 Å². The van der Waals surface area contributed by atoms with Gasteiger partial charge in [-0.05, 0) is 61.0 Å². The molecular formula is C30H27FN2O3. The summed E-state index contributed by atoms with van der Waals surface area (Å²) in [6, 6.07) is 28.1. The van der Waals surface area contributed by atoms with Gasteiger partial charge in [0.05, 0.1) is 20.1 Å². The van der Waals surface area contributed by atoms with Gasteiger partial charge in [0, 0.05) is 22.5 Å². The number of hydrogen-bond acceptors (Lipinski definition) is 3. The number of nitrogens with one attached hydrogen (secondary N) is 1. The minimum atomic E-state index is -0.412. The lowest BCUT2D eigenvalue weighted by Gasteiger charge is -2.24. The Morgan fingerprint density at radius 1 is 0.889 bits per heavy atom. The molecule has 0 saturated carbocycles. The molecule has 2 amide bonds.